The van der Waals surface area contributed by atoms with E-state index in [1.165, 1.54) is 12.2 Å². The number of nitrogens with one attached hydrogen (secondary N) is 2. The summed E-state index contributed by atoms with van der Waals surface area (Å²) in [5, 5.41) is 20.9. The minimum atomic E-state index is -8.45. The first-order chi connectivity index (χ1) is 20.1. The lowest BCUT2D eigenvalue weighted by Gasteiger charge is -2.45. The minimum Gasteiger partial charge on any atom is -0.465 e. The van der Waals surface area contributed by atoms with Crippen molar-refractivity contribution in [1.82, 2.24) is 10.6 Å². The molecule has 0 aromatic heterocycles. The molecule has 0 heterocycles. The number of rotatable bonds is 20. The van der Waals surface area contributed by atoms with Crippen molar-refractivity contribution in [3.8, 4) is 0 Å². The highest BCUT2D eigenvalue weighted by Crippen LogP contribution is 2.63. The lowest BCUT2D eigenvalue weighted by molar-refractivity contribution is -0.455. The third-order valence-electron chi connectivity index (χ3n) is 7.21. The zero-order chi connectivity index (χ0) is 35.9. The zero-order valence-corrected chi connectivity index (χ0v) is 23.7. The first-order valence-electron chi connectivity index (χ1n) is 13.4. The van der Waals surface area contributed by atoms with Gasteiger partial charge in [-0.2, -0.15) is 65.9 Å². The first kappa shape index (κ1) is 42.5. The zero-order valence-electron chi connectivity index (χ0n) is 23.7. The fraction of sp³-hybridized carbons (Fsp3) is 0.917. The van der Waals surface area contributed by atoms with Crippen LogP contribution in [0.4, 0.5) is 75.4 Å². The maximum Gasteiger partial charge on any atom is 0.460 e. The summed E-state index contributed by atoms with van der Waals surface area (Å²) < 4.78 is 209. The topological polar surface area (TPSA) is 98.7 Å². The van der Waals surface area contributed by atoms with Crippen molar-refractivity contribution in [3.05, 3.63) is 0 Å². The van der Waals surface area contributed by atoms with Gasteiger partial charge in [0.05, 0.1) is 0 Å². The third kappa shape index (κ3) is 9.06. The number of hydrogen-bond acceptors (Lipinski definition) is 2. The van der Waals surface area contributed by atoms with Gasteiger partial charge in [0.15, 0.2) is 0 Å². The Balaban J connectivity index is 6.98. The standard InChI is InChI=1S/C24H33F15N2O4/c1-3-5-9-13(4-2)12-14(15(41-17(44)45)10-7-6-8-11-40-16(42)43)18(25,26)19(27,28)20(29,30)21(31,32)22(33,34)23(35,36)24(37,38)39/h13-15,40-41H,3-12H2,1-2H3,(H,42,43)(H,44,45). The van der Waals surface area contributed by atoms with Crippen molar-refractivity contribution in [2.45, 2.75) is 119 Å². The van der Waals surface area contributed by atoms with Crippen molar-refractivity contribution >= 4 is 12.2 Å². The maximum atomic E-state index is 15.5. The fourth-order valence-corrected chi connectivity index (χ4v) is 4.51. The third-order valence-corrected chi connectivity index (χ3v) is 7.21. The van der Waals surface area contributed by atoms with Gasteiger partial charge < -0.3 is 20.8 Å². The molecule has 6 nitrogen and oxygen atoms in total. The highest BCUT2D eigenvalue weighted by molar-refractivity contribution is 5.65. The minimum absolute atomic E-state index is 0.0514. The van der Waals surface area contributed by atoms with E-state index in [1.54, 1.807) is 6.92 Å². The summed E-state index contributed by atoms with van der Waals surface area (Å²) >= 11 is 0. The number of hydrogen-bond donors (Lipinski definition) is 4. The summed E-state index contributed by atoms with van der Waals surface area (Å²) in [4.78, 5) is 21.8. The van der Waals surface area contributed by atoms with Crippen LogP contribution in [0, 0.1) is 11.8 Å². The van der Waals surface area contributed by atoms with Crippen LogP contribution in [-0.2, 0) is 0 Å². The van der Waals surface area contributed by atoms with Crippen LogP contribution in [0.25, 0.3) is 0 Å². The molecule has 0 bridgehead atoms. The Labute approximate surface area is 247 Å². The number of carboxylic acid groups (broad SMARTS) is 2. The molecule has 3 unspecified atom stereocenters. The Morgan fingerprint density at radius 3 is 1.53 bits per heavy atom. The number of amides is 2. The molecular formula is C24H33F15N2O4. The predicted octanol–water partition coefficient (Wildman–Crippen LogP) is 9.05. The van der Waals surface area contributed by atoms with Gasteiger partial charge in [-0.05, 0) is 25.2 Å². The number of alkyl halides is 15. The molecule has 0 saturated carbocycles. The Morgan fingerprint density at radius 1 is 0.622 bits per heavy atom. The van der Waals surface area contributed by atoms with Crippen LogP contribution in [-0.4, -0.2) is 76.7 Å². The molecule has 0 aromatic rings. The summed E-state index contributed by atoms with van der Waals surface area (Å²) in [5.74, 6) is -52.2. The van der Waals surface area contributed by atoms with E-state index in [2.05, 4.69) is 0 Å². The van der Waals surface area contributed by atoms with E-state index in [9.17, 15) is 66.7 Å². The lowest BCUT2D eigenvalue weighted by atomic mass is 9.75. The van der Waals surface area contributed by atoms with Crippen molar-refractivity contribution in [2.24, 2.45) is 11.8 Å². The molecule has 45 heavy (non-hydrogen) atoms. The molecule has 0 spiro atoms. The molecule has 0 aliphatic heterocycles. The second-order valence-corrected chi connectivity index (χ2v) is 10.4. The SMILES string of the molecule is CCCCC(CC)CC(C(CCCCCNC(=O)O)NC(=O)O)C(F)(F)C(F)(F)C(F)(F)C(F)(F)C(F)(F)C(F)(F)C(F)(F)F. The molecule has 0 aliphatic rings. The maximum absolute atomic E-state index is 15.5. The van der Waals surface area contributed by atoms with Crippen molar-refractivity contribution < 1.29 is 85.7 Å². The second kappa shape index (κ2) is 15.4. The Hall–Kier alpha value is -2.51. The average molecular weight is 699 g/mol. The molecule has 0 fully saturated rings. The summed E-state index contributed by atoms with van der Waals surface area (Å²) in [7, 11) is 0. The number of carbonyl (C=O) groups is 2. The molecule has 268 valence electrons. The van der Waals surface area contributed by atoms with Crippen LogP contribution in [0.2, 0.25) is 0 Å². The lowest BCUT2D eigenvalue weighted by Crippen LogP contribution is -2.74. The highest BCUT2D eigenvalue weighted by atomic mass is 19.4. The molecule has 2 amide bonds. The summed E-state index contributed by atoms with van der Waals surface area (Å²) in [6.07, 6.45) is -13.9. The average Bonchev–Trinajstić information content (AvgIpc) is 2.88. The fourth-order valence-electron chi connectivity index (χ4n) is 4.51. The van der Waals surface area contributed by atoms with E-state index in [-0.39, 0.29) is 38.6 Å². The van der Waals surface area contributed by atoms with Gasteiger partial charge in [0, 0.05) is 18.5 Å². The Kier molecular flexibility index (Phi) is 14.5. The quantitative estimate of drug-likeness (QED) is 0.0754. The molecule has 0 saturated heterocycles. The molecule has 0 aromatic carbocycles. The molecule has 0 aliphatic carbocycles. The second-order valence-electron chi connectivity index (χ2n) is 10.4. The van der Waals surface area contributed by atoms with E-state index in [0.29, 0.717) is 6.42 Å². The van der Waals surface area contributed by atoms with E-state index in [1.807, 2.05) is 5.32 Å². The predicted molar refractivity (Wildman–Crippen MR) is 127 cm³/mol. The van der Waals surface area contributed by atoms with Gasteiger partial charge in [-0.1, -0.05) is 52.4 Å². The van der Waals surface area contributed by atoms with Crippen LogP contribution in [0.1, 0.15) is 71.6 Å². The summed E-state index contributed by atoms with van der Waals surface area (Å²) in [6, 6.07) is -2.51. The molecule has 0 rings (SSSR count). The van der Waals surface area contributed by atoms with Crippen molar-refractivity contribution in [3.63, 3.8) is 0 Å². The van der Waals surface area contributed by atoms with E-state index >= 15 is 8.78 Å². The van der Waals surface area contributed by atoms with Crippen LogP contribution in [0.15, 0.2) is 0 Å². The summed E-state index contributed by atoms with van der Waals surface area (Å²) in [6.45, 7) is 2.64. The van der Waals surface area contributed by atoms with Gasteiger partial charge in [0.1, 0.15) is 0 Å². The molecule has 4 N–H and O–H groups in total. The first-order valence-corrected chi connectivity index (χ1v) is 13.4. The van der Waals surface area contributed by atoms with Crippen molar-refractivity contribution in [2.75, 3.05) is 6.54 Å². The molecule has 21 heteroatoms. The van der Waals surface area contributed by atoms with Gasteiger partial charge in [-0.15, -0.1) is 0 Å². The van der Waals surface area contributed by atoms with E-state index < -0.39 is 91.0 Å². The van der Waals surface area contributed by atoms with E-state index in [0.717, 1.165) is 0 Å². The molecular weight excluding hydrogens is 665 g/mol. The number of halogens is 15. The van der Waals surface area contributed by atoms with Crippen LogP contribution < -0.4 is 10.6 Å². The van der Waals surface area contributed by atoms with Crippen LogP contribution >= 0.6 is 0 Å². The van der Waals surface area contributed by atoms with Gasteiger partial charge in [0.25, 0.3) is 0 Å². The van der Waals surface area contributed by atoms with E-state index in [4.69, 9.17) is 10.2 Å². The Bertz CT molecular complexity index is 961. The monoisotopic (exact) mass is 698 g/mol. The largest absolute Gasteiger partial charge is 0.465 e. The number of unbranched alkanes of at least 4 members (excludes halogenated alkanes) is 3. The van der Waals surface area contributed by atoms with Gasteiger partial charge >= 0.3 is 53.9 Å². The van der Waals surface area contributed by atoms with Gasteiger partial charge in [0.2, 0.25) is 0 Å². The highest BCUT2D eigenvalue weighted by Gasteiger charge is 2.93. The molecule has 3 atom stereocenters. The Morgan fingerprint density at radius 2 is 1.11 bits per heavy atom. The normalized spacial score (nSPS) is 16.2. The molecule has 0 radical (unpaired) electrons. The van der Waals surface area contributed by atoms with Gasteiger partial charge in [-0.3, -0.25) is 0 Å². The van der Waals surface area contributed by atoms with Crippen LogP contribution in [0.3, 0.4) is 0 Å². The van der Waals surface area contributed by atoms with Gasteiger partial charge in [-0.25, -0.2) is 9.59 Å². The summed E-state index contributed by atoms with van der Waals surface area (Å²) in [5.41, 5.74) is 0. The van der Waals surface area contributed by atoms with Crippen LogP contribution in [0.5, 0.6) is 0 Å². The van der Waals surface area contributed by atoms with Crippen molar-refractivity contribution in [1.29, 1.82) is 0 Å². The smallest absolute Gasteiger partial charge is 0.460 e.